The summed E-state index contributed by atoms with van der Waals surface area (Å²) < 4.78 is 0. The number of pyridine rings is 1. The molecule has 88 valence electrons. The number of thiophene rings is 1. The van der Waals surface area contributed by atoms with Gasteiger partial charge >= 0.3 is 0 Å². The van der Waals surface area contributed by atoms with Crippen molar-refractivity contribution in [1.29, 1.82) is 0 Å². The van der Waals surface area contributed by atoms with Crippen LogP contribution in [0.25, 0.3) is 0 Å². The van der Waals surface area contributed by atoms with Crippen molar-refractivity contribution in [2.45, 2.75) is 13.5 Å². The summed E-state index contributed by atoms with van der Waals surface area (Å²) in [4.78, 5) is 28.1. The number of carbonyl (C=O) groups is 1. The van der Waals surface area contributed by atoms with E-state index in [1.807, 2.05) is 19.1 Å². The number of amides is 1. The smallest absolute Gasteiger partial charge is 0.257 e. The maximum Gasteiger partial charge on any atom is 0.257 e. The van der Waals surface area contributed by atoms with E-state index in [2.05, 4.69) is 10.3 Å². The van der Waals surface area contributed by atoms with Crippen LogP contribution in [-0.4, -0.2) is 10.9 Å². The summed E-state index contributed by atoms with van der Waals surface area (Å²) in [5, 5.41) is 2.72. The lowest BCUT2D eigenvalue weighted by Gasteiger charge is -2.02. The molecule has 2 aromatic heterocycles. The first kappa shape index (κ1) is 11.6. The Hall–Kier alpha value is -1.88. The van der Waals surface area contributed by atoms with Gasteiger partial charge in [0.05, 0.1) is 6.54 Å². The normalized spacial score (nSPS) is 10.2. The highest BCUT2D eigenvalue weighted by Gasteiger charge is 2.09. The second-order valence-corrected chi connectivity index (χ2v) is 4.99. The molecule has 2 rings (SSSR count). The molecule has 0 fully saturated rings. The predicted octanol–water partition coefficient (Wildman–Crippen LogP) is 1.67. The first-order valence-corrected chi connectivity index (χ1v) is 5.99. The molecule has 2 N–H and O–H groups in total. The molecule has 0 saturated heterocycles. The fourth-order valence-corrected chi connectivity index (χ4v) is 2.27. The van der Waals surface area contributed by atoms with Crippen molar-refractivity contribution in [2.75, 3.05) is 0 Å². The van der Waals surface area contributed by atoms with Gasteiger partial charge in [-0.15, -0.1) is 11.3 Å². The van der Waals surface area contributed by atoms with Crippen molar-refractivity contribution in [3.8, 4) is 0 Å². The van der Waals surface area contributed by atoms with Crippen LogP contribution in [0.15, 0.2) is 35.4 Å². The average Bonchev–Trinajstić information content (AvgIpc) is 2.73. The lowest BCUT2D eigenvalue weighted by molar-refractivity contribution is 0.0950. The molecular formula is C12H12N2O2S. The van der Waals surface area contributed by atoms with Gasteiger partial charge in [0.25, 0.3) is 5.91 Å². The second kappa shape index (κ2) is 4.97. The standard InChI is InChI=1S/C12H12N2O2S/c1-8-2-3-9(17-8)6-14-12(16)10-7-13-5-4-11(10)15/h2-5,7H,6H2,1H3,(H,13,15)(H,14,16). The Morgan fingerprint density at radius 1 is 1.41 bits per heavy atom. The van der Waals surface area contributed by atoms with Crippen molar-refractivity contribution in [3.05, 3.63) is 56.1 Å². The van der Waals surface area contributed by atoms with Gasteiger partial charge in [0.1, 0.15) is 5.56 Å². The average molecular weight is 248 g/mol. The Labute approximate surface area is 102 Å². The molecule has 0 aliphatic heterocycles. The van der Waals surface area contributed by atoms with Crippen molar-refractivity contribution < 1.29 is 4.79 Å². The van der Waals surface area contributed by atoms with Crippen LogP contribution in [0, 0.1) is 6.92 Å². The molecule has 4 nitrogen and oxygen atoms in total. The van der Waals surface area contributed by atoms with Gasteiger partial charge in [-0.05, 0) is 19.1 Å². The minimum Gasteiger partial charge on any atom is -0.367 e. The van der Waals surface area contributed by atoms with Crippen LogP contribution < -0.4 is 10.7 Å². The SMILES string of the molecule is Cc1ccc(CNC(=O)c2c[nH]ccc2=O)s1. The maximum atomic E-state index is 11.7. The molecule has 17 heavy (non-hydrogen) atoms. The fraction of sp³-hybridized carbons (Fsp3) is 0.167. The molecule has 0 atom stereocenters. The fourth-order valence-electron chi connectivity index (χ4n) is 1.44. The molecule has 0 unspecified atom stereocenters. The summed E-state index contributed by atoms with van der Waals surface area (Å²) >= 11 is 1.63. The Morgan fingerprint density at radius 3 is 2.88 bits per heavy atom. The number of hydrogen-bond donors (Lipinski definition) is 2. The van der Waals surface area contributed by atoms with E-state index in [0.717, 1.165) is 4.88 Å². The number of aryl methyl sites for hydroxylation is 1. The van der Waals surface area contributed by atoms with E-state index >= 15 is 0 Å². The van der Waals surface area contributed by atoms with Gasteiger partial charge in [-0.2, -0.15) is 0 Å². The van der Waals surface area contributed by atoms with E-state index in [9.17, 15) is 9.59 Å². The molecule has 0 aromatic carbocycles. The highest BCUT2D eigenvalue weighted by Crippen LogP contribution is 2.14. The van der Waals surface area contributed by atoms with E-state index in [4.69, 9.17) is 0 Å². The van der Waals surface area contributed by atoms with Crippen molar-refractivity contribution in [3.63, 3.8) is 0 Å². The maximum absolute atomic E-state index is 11.7. The zero-order valence-electron chi connectivity index (χ0n) is 9.32. The highest BCUT2D eigenvalue weighted by atomic mass is 32.1. The van der Waals surface area contributed by atoms with Gasteiger partial charge < -0.3 is 10.3 Å². The van der Waals surface area contributed by atoms with Crippen molar-refractivity contribution in [1.82, 2.24) is 10.3 Å². The van der Waals surface area contributed by atoms with E-state index < -0.39 is 0 Å². The third-order valence-corrected chi connectivity index (χ3v) is 3.29. The Kier molecular flexibility index (Phi) is 3.39. The minimum atomic E-state index is -0.349. The zero-order chi connectivity index (χ0) is 12.3. The van der Waals surface area contributed by atoms with Gasteiger partial charge in [0, 0.05) is 28.2 Å². The van der Waals surface area contributed by atoms with E-state index in [-0.39, 0.29) is 16.9 Å². The minimum absolute atomic E-state index is 0.140. The molecular weight excluding hydrogens is 236 g/mol. The Balaban J connectivity index is 2.03. The molecule has 0 bridgehead atoms. The molecule has 0 saturated carbocycles. The van der Waals surface area contributed by atoms with Crippen LogP contribution >= 0.6 is 11.3 Å². The van der Waals surface area contributed by atoms with Crippen LogP contribution in [0.3, 0.4) is 0 Å². The summed E-state index contributed by atoms with van der Waals surface area (Å²) in [5.74, 6) is -0.349. The molecule has 0 radical (unpaired) electrons. The lowest BCUT2D eigenvalue weighted by Crippen LogP contribution is -2.27. The van der Waals surface area contributed by atoms with E-state index in [1.54, 1.807) is 11.3 Å². The van der Waals surface area contributed by atoms with Crippen LogP contribution in [0.5, 0.6) is 0 Å². The predicted molar refractivity (Wildman–Crippen MR) is 67.3 cm³/mol. The highest BCUT2D eigenvalue weighted by molar-refractivity contribution is 7.11. The van der Waals surface area contributed by atoms with E-state index in [0.29, 0.717) is 6.54 Å². The number of hydrogen-bond acceptors (Lipinski definition) is 3. The molecule has 2 aromatic rings. The zero-order valence-corrected chi connectivity index (χ0v) is 10.1. The molecule has 1 amide bonds. The summed E-state index contributed by atoms with van der Waals surface area (Å²) in [5.41, 5.74) is -0.135. The Morgan fingerprint density at radius 2 is 2.24 bits per heavy atom. The third kappa shape index (κ3) is 2.82. The second-order valence-electron chi connectivity index (χ2n) is 3.62. The molecule has 0 aliphatic carbocycles. The van der Waals surface area contributed by atoms with E-state index in [1.165, 1.54) is 23.3 Å². The van der Waals surface area contributed by atoms with Gasteiger partial charge in [-0.3, -0.25) is 9.59 Å². The topological polar surface area (TPSA) is 62.0 Å². The molecule has 0 aliphatic rings. The lowest BCUT2D eigenvalue weighted by atomic mass is 10.2. The quantitative estimate of drug-likeness (QED) is 0.868. The first-order chi connectivity index (χ1) is 8.16. The number of H-pyrrole nitrogens is 1. The van der Waals surface area contributed by atoms with Gasteiger partial charge in [-0.25, -0.2) is 0 Å². The number of aromatic nitrogens is 1. The largest absolute Gasteiger partial charge is 0.367 e. The Bertz CT molecular complexity index is 586. The van der Waals surface area contributed by atoms with Crippen LogP contribution in [0.4, 0.5) is 0 Å². The number of nitrogens with one attached hydrogen (secondary N) is 2. The van der Waals surface area contributed by atoms with Gasteiger partial charge in [0.15, 0.2) is 5.43 Å². The third-order valence-electron chi connectivity index (χ3n) is 2.29. The van der Waals surface area contributed by atoms with Gasteiger partial charge in [-0.1, -0.05) is 0 Å². The molecule has 2 heterocycles. The number of carbonyl (C=O) groups excluding carboxylic acids is 1. The molecule has 0 spiro atoms. The number of aromatic amines is 1. The summed E-state index contributed by atoms with van der Waals surface area (Å²) in [6, 6.07) is 5.31. The molecule has 5 heteroatoms. The van der Waals surface area contributed by atoms with Crippen LogP contribution in [-0.2, 0) is 6.54 Å². The monoisotopic (exact) mass is 248 g/mol. The summed E-state index contributed by atoms with van der Waals surface area (Å²) in [7, 11) is 0. The summed E-state index contributed by atoms with van der Waals surface area (Å²) in [6.45, 7) is 2.46. The summed E-state index contributed by atoms with van der Waals surface area (Å²) in [6.07, 6.45) is 2.92. The van der Waals surface area contributed by atoms with Crippen LogP contribution in [0.1, 0.15) is 20.1 Å². The van der Waals surface area contributed by atoms with Crippen molar-refractivity contribution in [2.24, 2.45) is 0 Å². The number of rotatable bonds is 3. The van der Waals surface area contributed by atoms with Crippen molar-refractivity contribution >= 4 is 17.2 Å². The first-order valence-electron chi connectivity index (χ1n) is 5.17. The van der Waals surface area contributed by atoms with Crippen LogP contribution in [0.2, 0.25) is 0 Å². The van der Waals surface area contributed by atoms with Gasteiger partial charge in [0.2, 0.25) is 0 Å².